The monoisotopic (exact) mass is 132 g/mol. The summed E-state index contributed by atoms with van der Waals surface area (Å²) < 4.78 is 8.88. The first kappa shape index (κ1) is 22.9. The van der Waals surface area contributed by atoms with Crippen LogP contribution in [0.4, 0.5) is 0 Å². The Morgan fingerprint density at radius 3 is 1.12 bits per heavy atom. The average Bonchev–Trinajstić information content (AvgIpc) is 0.722. The van der Waals surface area contributed by atoms with Crippen molar-refractivity contribution in [1.29, 1.82) is 0 Å². The summed E-state index contributed by atoms with van der Waals surface area (Å²) in [4.78, 5) is 21.6. The van der Waals surface area contributed by atoms with Crippen molar-refractivity contribution in [3.63, 3.8) is 0 Å². The van der Waals surface area contributed by atoms with Gasteiger partial charge in [-0.05, 0) is 0 Å². The van der Waals surface area contributed by atoms with Crippen LogP contribution in [0.25, 0.3) is 0 Å². The maximum absolute atomic E-state index is 8.88. The SMILES string of the molecule is O=P(O)(O)O.[F-].[H-].[Li+].[Li+]. The first-order valence-corrected chi connectivity index (χ1v) is 2.35. The molecule has 0 bridgehead atoms. The van der Waals surface area contributed by atoms with Crippen LogP contribution in [0.3, 0.4) is 0 Å². The van der Waals surface area contributed by atoms with Gasteiger partial charge in [-0.2, -0.15) is 0 Å². The van der Waals surface area contributed by atoms with E-state index in [1.165, 1.54) is 0 Å². The summed E-state index contributed by atoms with van der Waals surface area (Å²) in [5, 5.41) is 0. The molecule has 0 aliphatic carbocycles. The van der Waals surface area contributed by atoms with Gasteiger partial charge in [-0.1, -0.05) is 0 Å². The molecule has 8 heteroatoms. The maximum atomic E-state index is 8.88. The van der Waals surface area contributed by atoms with E-state index in [0.717, 1.165) is 0 Å². The van der Waals surface area contributed by atoms with Gasteiger partial charge in [0.15, 0.2) is 0 Å². The molecule has 8 heavy (non-hydrogen) atoms. The molecule has 0 unspecified atom stereocenters. The third kappa shape index (κ3) is 184. The summed E-state index contributed by atoms with van der Waals surface area (Å²) in [5.74, 6) is 0. The Morgan fingerprint density at radius 2 is 1.12 bits per heavy atom. The molecule has 0 aliphatic heterocycles. The molecular formula is H4FLi2O4P. The van der Waals surface area contributed by atoms with Gasteiger partial charge in [0.25, 0.3) is 0 Å². The van der Waals surface area contributed by atoms with Gasteiger partial charge in [0.2, 0.25) is 0 Å². The summed E-state index contributed by atoms with van der Waals surface area (Å²) in [6.07, 6.45) is 0. The number of halogens is 1. The summed E-state index contributed by atoms with van der Waals surface area (Å²) in [7, 11) is -4.64. The molecule has 0 aromatic heterocycles. The fraction of sp³-hybridized carbons (Fsp3) is 0. The molecule has 0 fully saturated rings. The summed E-state index contributed by atoms with van der Waals surface area (Å²) in [6.45, 7) is 0. The van der Waals surface area contributed by atoms with Crippen molar-refractivity contribution in [2.24, 2.45) is 0 Å². The zero-order chi connectivity index (χ0) is 4.50. The van der Waals surface area contributed by atoms with Gasteiger partial charge in [0.05, 0.1) is 0 Å². The quantitative estimate of drug-likeness (QED) is 0.226. The summed E-state index contributed by atoms with van der Waals surface area (Å²) in [6, 6.07) is 0. The molecular weight excluding hydrogens is 128 g/mol. The van der Waals surface area contributed by atoms with E-state index in [2.05, 4.69) is 0 Å². The van der Waals surface area contributed by atoms with E-state index in [4.69, 9.17) is 19.2 Å². The standard InChI is InChI=1S/FH.2Li.H3O4P.H/c;;;1-5(2,3)4;/h1H;;;(H3,1,2,3,4);/q;2*+1;;-1/p-1. The molecule has 42 valence electrons. The number of hydrogen-bond donors (Lipinski definition) is 3. The third-order valence-corrected chi connectivity index (χ3v) is 0. The molecule has 0 aromatic rings. The predicted molar refractivity (Wildman–Crippen MR) is 15.4 cm³/mol. The Morgan fingerprint density at radius 1 is 1.12 bits per heavy atom. The number of rotatable bonds is 0. The third-order valence-electron chi connectivity index (χ3n) is 0. The summed E-state index contributed by atoms with van der Waals surface area (Å²) >= 11 is 0. The normalized spacial score (nSPS) is 7.38. The molecule has 0 saturated heterocycles. The molecule has 3 N–H and O–H groups in total. The zero-order valence-electron chi connectivity index (χ0n) is 5.58. The van der Waals surface area contributed by atoms with Crippen LogP contribution in [0.2, 0.25) is 0 Å². The molecule has 4 nitrogen and oxygen atoms in total. The van der Waals surface area contributed by atoms with Crippen LogP contribution < -0.4 is 42.4 Å². The van der Waals surface area contributed by atoms with Crippen LogP contribution in [0.5, 0.6) is 0 Å². The van der Waals surface area contributed by atoms with Gasteiger partial charge in [-0.15, -0.1) is 0 Å². The minimum Gasteiger partial charge on any atom is -1.00 e. The number of hydrogen-bond acceptors (Lipinski definition) is 1. The van der Waals surface area contributed by atoms with Gasteiger partial charge in [0, 0.05) is 0 Å². The van der Waals surface area contributed by atoms with Crippen molar-refractivity contribution in [2.45, 2.75) is 0 Å². The predicted octanol–water partition coefficient (Wildman–Crippen LogP) is -9.80. The Balaban J connectivity index is -0.0000000133. The number of phosphoric acid groups is 1. The molecule has 0 radical (unpaired) electrons. The van der Waals surface area contributed by atoms with Crippen molar-refractivity contribution in [3.05, 3.63) is 0 Å². The van der Waals surface area contributed by atoms with Gasteiger partial charge < -0.3 is 20.8 Å². The van der Waals surface area contributed by atoms with E-state index < -0.39 is 7.82 Å². The minimum atomic E-state index is -4.64. The molecule has 0 amide bonds. The smallest absolute Gasteiger partial charge is 1.00 e. The van der Waals surface area contributed by atoms with Gasteiger partial charge in [0.1, 0.15) is 0 Å². The van der Waals surface area contributed by atoms with E-state index in [-0.39, 0.29) is 43.9 Å². The fourth-order valence-electron chi connectivity index (χ4n) is 0. The van der Waals surface area contributed by atoms with Crippen LogP contribution in [0.15, 0.2) is 0 Å². The van der Waals surface area contributed by atoms with Gasteiger partial charge in [-0.25, -0.2) is 4.57 Å². The molecule has 0 saturated carbocycles. The van der Waals surface area contributed by atoms with Gasteiger partial charge in [-0.3, -0.25) is 0 Å². The van der Waals surface area contributed by atoms with E-state index in [1.54, 1.807) is 0 Å². The van der Waals surface area contributed by atoms with Gasteiger partial charge >= 0.3 is 45.5 Å². The molecule has 0 spiro atoms. The van der Waals surface area contributed by atoms with E-state index in [0.29, 0.717) is 0 Å². The average molecular weight is 132 g/mol. The van der Waals surface area contributed by atoms with E-state index >= 15 is 0 Å². The van der Waals surface area contributed by atoms with Crippen molar-refractivity contribution in [1.82, 2.24) is 0 Å². The molecule has 0 aliphatic rings. The minimum absolute atomic E-state index is 0. The van der Waals surface area contributed by atoms with Crippen molar-refractivity contribution in [3.8, 4) is 0 Å². The Labute approximate surface area is 71.1 Å². The Bertz CT molecular complexity index is 64.7. The fourth-order valence-corrected chi connectivity index (χ4v) is 0. The topological polar surface area (TPSA) is 77.8 Å². The van der Waals surface area contributed by atoms with Crippen molar-refractivity contribution < 1.29 is 63.1 Å². The first-order chi connectivity index (χ1) is 2.00. The largest absolute Gasteiger partial charge is 1.00 e. The molecule has 0 atom stereocenters. The van der Waals surface area contributed by atoms with Crippen LogP contribution in [0, 0.1) is 0 Å². The molecule has 0 heterocycles. The van der Waals surface area contributed by atoms with Crippen molar-refractivity contribution >= 4 is 7.82 Å². The second-order valence-electron chi connectivity index (χ2n) is 0.513. The van der Waals surface area contributed by atoms with Crippen LogP contribution >= 0.6 is 7.82 Å². The van der Waals surface area contributed by atoms with Crippen molar-refractivity contribution in [2.75, 3.05) is 0 Å². The second-order valence-corrected chi connectivity index (χ2v) is 1.54. The summed E-state index contributed by atoms with van der Waals surface area (Å²) in [5.41, 5.74) is 0. The Hall–Kier alpha value is 1.23. The molecule has 0 rings (SSSR count). The van der Waals surface area contributed by atoms with Crippen LogP contribution in [-0.2, 0) is 4.57 Å². The van der Waals surface area contributed by atoms with E-state index in [9.17, 15) is 0 Å². The van der Waals surface area contributed by atoms with Crippen LogP contribution in [-0.4, -0.2) is 14.7 Å². The van der Waals surface area contributed by atoms with Crippen LogP contribution in [0.1, 0.15) is 1.43 Å². The zero-order valence-corrected chi connectivity index (χ0v) is 5.47. The maximum Gasteiger partial charge on any atom is 1.00 e. The Kier molecular flexibility index (Phi) is 23.5. The second kappa shape index (κ2) is 8.23. The van der Waals surface area contributed by atoms with E-state index in [1.807, 2.05) is 0 Å². The molecule has 0 aromatic carbocycles. The first-order valence-electron chi connectivity index (χ1n) is 0.783.